The first-order valence-electron chi connectivity index (χ1n) is 5.83. The van der Waals surface area contributed by atoms with Crippen molar-refractivity contribution < 1.29 is 4.79 Å². The van der Waals surface area contributed by atoms with Gasteiger partial charge >= 0.3 is 0 Å². The van der Waals surface area contributed by atoms with E-state index in [1.54, 1.807) is 0 Å². The first kappa shape index (κ1) is 12.7. The average molecular weight is 220 g/mol. The van der Waals surface area contributed by atoms with Crippen LogP contribution in [0.4, 0.5) is 5.69 Å². The van der Waals surface area contributed by atoms with Gasteiger partial charge in [-0.2, -0.15) is 0 Å². The normalized spacial score (nSPS) is 10.4. The largest absolute Gasteiger partial charge is 0.326 e. The second kappa shape index (κ2) is 7.01. The predicted octanol–water partition coefficient (Wildman–Crippen LogP) is 2.36. The van der Waals surface area contributed by atoms with Gasteiger partial charge in [0.25, 0.3) is 0 Å². The molecule has 0 aliphatic carbocycles. The molecule has 0 aliphatic heterocycles. The van der Waals surface area contributed by atoms with Crippen molar-refractivity contribution in [2.24, 2.45) is 0 Å². The quantitative estimate of drug-likeness (QED) is 0.798. The third-order valence-electron chi connectivity index (χ3n) is 2.61. The van der Waals surface area contributed by atoms with Crippen LogP contribution >= 0.6 is 0 Å². The van der Waals surface area contributed by atoms with Gasteiger partial charge in [0.05, 0.1) is 0 Å². The van der Waals surface area contributed by atoms with Gasteiger partial charge in [0, 0.05) is 18.7 Å². The van der Waals surface area contributed by atoms with E-state index in [4.69, 9.17) is 0 Å². The summed E-state index contributed by atoms with van der Waals surface area (Å²) in [5.41, 5.74) is 0.868. The first-order chi connectivity index (χ1) is 7.76. The van der Waals surface area contributed by atoms with E-state index in [1.807, 2.05) is 30.3 Å². The number of carbonyl (C=O) groups is 1. The molecule has 0 atom stereocenters. The summed E-state index contributed by atoms with van der Waals surface area (Å²) in [6.45, 7) is 7.03. The van der Waals surface area contributed by atoms with Gasteiger partial charge in [-0.05, 0) is 25.2 Å². The van der Waals surface area contributed by atoms with Crippen molar-refractivity contribution in [1.82, 2.24) is 4.90 Å². The molecule has 0 aliphatic rings. The minimum atomic E-state index is 0.0816. The Bertz CT molecular complexity index is 307. The number of amides is 1. The maximum atomic E-state index is 11.6. The van der Waals surface area contributed by atoms with Crippen LogP contribution in [0.15, 0.2) is 30.3 Å². The number of benzene rings is 1. The number of nitrogens with one attached hydrogen (secondary N) is 1. The lowest BCUT2D eigenvalue weighted by molar-refractivity contribution is -0.116. The van der Waals surface area contributed by atoms with Gasteiger partial charge in [0.1, 0.15) is 0 Å². The molecule has 0 saturated heterocycles. The van der Waals surface area contributed by atoms with E-state index in [9.17, 15) is 4.79 Å². The molecule has 0 aromatic heterocycles. The van der Waals surface area contributed by atoms with Crippen LogP contribution in [0, 0.1) is 0 Å². The van der Waals surface area contributed by atoms with E-state index < -0.39 is 0 Å². The number of anilines is 1. The van der Waals surface area contributed by atoms with Crippen molar-refractivity contribution in [3.05, 3.63) is 30.3 Å². The van der Waals surface area contributed by atoms with E-state index in [-0.39, 0.29) is 5.91 Å². The Kier molecular flexibility index (Phi) is 5.57. The second-order valence-electron chi connectivity index (χ2n) is 3.69. The Hall–Kier alpha value is -1.35. The molecule has 0 heterocycles. The van der Waals surface area contributed by atoms with Crippen LogP contribution in [-0.2, 0) is 4.79 Å². The van der Waals surface area contributed by atoms with E-state index in [0.29, 0.717) is 6.42 Å². The average Bonchev–Trinajstić information content (AvgIpc) is 2.31. The van der Waals surface area contributed by atoms with Gasteiger partial charge in [-0.1, -0.05) is 32.0 Å². The highest BCUT2D eigenvalue weighted by Gasteiger charge is 2.04. The molecule has 3 heteroatoms. The van der Waals surface area contributed by atoms with Gasteiger partial charge in [0.2, 0.25) is 5.91 Å². The maximum Gasteiger partial charge on any atom is 0.225 e. The molecule has 16 heavy (non-hydrogen) atoms. The Morgan fingerprint density at radius 3 is 2.38 bits per heavy atom. The molecule has 0 saturated carbocycles. The van der Waals surface area contributed by atoms with Crippen LogP contribution in [0.1, 0.15) is 20.3 Å². The smallest absolute Gasteiger partial charge is 0.225 e. The highest BCUT2D eigenvalue weighted by Crippen LogP contribution is 2.05. The van der Waals surface area contributed by atoms with Gasteiger partial charge in [0.15, 0.2) is 0 Å². The Morgan fingerprint density at radius 2 is 1.81 bits per heavy atom. The van der Waals surface area contributed by atoms with Crippen molar-refractivity contribution in [1.29, 1.82) is 0 Å². The molecular formula is C13H20N2O. The van der Waals surface area contributed by atoms with Crippen molar-refractivity contribution in [2.75, 3.05) is 25.0 Å². The van der Waals surface area contributed by atoms with Crippen molar-refractivity contribution in [3.63, 3.8) is 0 Å². The monoisotopic (exact) mass is 220 g/mol. The molecule has 88 valence electrons. The van der Waals surface area contributed by atoms with Crippen LogP contribution in [0.3, 0.4) is 0 Å². The molecular weight excluding hydrogens is 200 g/mol. The number of nitrogens with zero attached hydrogens (tertiary/aromatic N) is 1. The van der Waals surface area contributed by atoms with Crippen LogP contribution in [0.25, 0.3) is 0 Å². The topological polar surface area (TPSA) is 32.3 Å². The standard InChI is InChI=1S/C13H20N2O/c1-3-15(4-2)11-10-13(16)14-12-8-6-5-7-9-12/h5-9H,3-4,10-11H2,1-2H3,(H,14,16). The molecule has 1 aromatic carbocycles. The minimum Gasteiger partial charge on any atom is -0.326 e. The fourth-order valence-electron chi connectivity index (χ4n) is 1.54. The molecule has 0 radical (unpaired) electrons. The lowest BCUT2D eigenvalue weighted by atomic mass is 10.3. The first-order valence-corrected chi connectivity index (χ1v) is 5.83. The summed E-state index contributed by atoms with van der Waals surface area (Å²) in [5, 5.41) is 2.88. The number of hydrogen-bond donors (Lipinski definition) is 1. The van der Waals surface area contributed by atoms with Gasteiger partial charge in [-0.3, -0.25) is 4.79 Å². The lowest BCUT2D eigenvalue weighted by Gasteiger charge is -2.17. The maximum absolute atomic E-state index is 11.6. The zero-order valence-electron chi connectivity index (χ0n) is 10.1. The molecule has 0 bridgehead atoms. The number of hydrogen-bond acceptors (Lipinski definition) is 2. The summed E-state index contributed by atoms with van der Waals surface area (Å²) in [6, 6.07) is 9.57. The number of rotatable bonds is 6. The third-order valence-corrected chi connectivity index (χ3v) is 2.61. The van der Waals surface area contributed by atoms with E-state index in [2.05, 4.69) is 24.1 Å². The Morgan fingerprint density at radius 1 is 1.19 bits per heavy atom. The number of carbonyl (C=O) groups excluding carboxylic acids is 1. The fourth-order valence-corrected chi connectivity index (χ4v) is 1.54. The van der Waals surface area contributed by atoms with E-state index in [0.717, 1.165) is 25.3 Å². The van der Waals surface area contributed by atoms with Gasteiger partial charge in [-0.15, -0.1) is 0 Å². The van der Waals surface area contributed by atoms with Crippen molar-refractivity contribution >= 4 is 11.6 Å². The molecule has 1 amide bonds. The fraction of sp³-hybridized carbons (Fsp3) is 0.462. The molecule has 0 unspecified atom stereocenters. The lowest BCUT2D eigenvalue weighted by Crippen LogP contribution is -2.27. The zero-order valence-corrected chi connectivity index (χ0v) is 10.1. The Balaban J connectivity index is 2.31. The second-order valence-corrected chi connectivity index (χ2v) is 3.69. The van der Waals surface area contributed by atoms with Crippen LogP contribution in [0.2, 0.25) is 0 Å². The highest BCUT2D eigenvalue weighted by molar-refractivity contribution is 5.90. The SMILES string of the molecule is CCN(CC)CCC(=O)Nc1ccccc1. The van der Waals surface area contributed by atoms with Crippen LogP contribution < -0.4 is 5.32 Å². The van der Waals surface area contributed by atoms with E-state index >= 15 is 0 Å². The molecule has 1 rings (SSSR count). The number of para-hydroxylation sites is 1. The van der Waals surface area contributed by atoms with E-state index in [1.165, 1.54) is 0 Å². The molecule has 1 aromatic rings. The molecule has 0 fully saturated rings. The van der Waals surface area contributed by atoms with Gasteiger partial charge in [-0.25, -0.2) is 0 Å². The summed E-state index contributed by atoms with van der Waals surface area (Å²) in [6.07, 6.45) is 0.552. The predicted molar refractivity (Wildman–Crippen MR) is 67.5 cm³/mol. The third kappa shape index (κ3) is 4.45. The van der Waals surface area contributed by atoms with Crippen LogP contribution in [-0.4, -0.2) is 30.4 Å². The molecule has 0 spiro atoms. The van der Waals surface area contributed by atoms with Crippen molar-refractivity contribution in [3.8, 4) is 0 Å². The summed E-state index contributed by atoms with van der Waals surface area (Å²) >= 11 is 0. The summed E-state index contributed by atoms with van der Waals surface area (Å²) in [4.78, 5) is 13.9. The zero-order chi connectivity index (χ0) is 11.8. The molecule has 1 N–H and O–H groups in total. The molecule has 3 nitrogen and oxygen atoms in total. The summed E-state index contributed by atoms with van der Waals surface area (Å²) < 4.78 is 0. The summed E-state index contributed by atoms with van der Waals surface area (Å²) in [7, 11) is 0. The van der Waals surface area contributed by atoms with Gasteiger partial charge < -0.3 is 10.2 Å². The highest BCUT2D eigenvalue weighted by atomic mass is 16.1. The van der Waals surface area contributed by atoms with Crippen LogP contribution in [0.5, 0.6) is 0 Å². The minimum absolute atomic E-state index is 0.0816. The summed E-state index contributed by atoms with van der Waals surface area (Å²) in [5.74, 6) is 0.0816. The van der Waals surface area contributed by atoms with Crippen molar-refractivity contribution in [2.45, 2.75) is 20.3 Å². The Labute approximate surface area is 97.5 Å².